The van der Waals surface area contributed by atoms with E-state index in [1.165, 1.54) is 12.1 Å². The van der Waals surface area contributed by atoms with Crippen molar-refractivity contribution in [1.82, 2.24) is 5.32 Å². The van der Waals surface area contributed by atoms with Gasteiger partial charge in [0.1, 0.15) is 0 Å². The molecular formula is C17H16F3NO3. The van der Waals surface area contributed by atoms with E-state index in [1.807, 2.05) is 0 Å². The zero-order chi connectivity index (χ0) is 17.3. The molecule has 4 nitrogen and oxygen atoms in total. The SMILES string of the molecule is CNC1=C(c2cccc(C(F)(F)F)c2)C(=O)C(C2CC=COC2)O1. The van der Waals surface area contributed by atoms with E-state index >= 15 is 0 Å². The average Bonchev–Trinajstić information content (AvgIpc) is 2.91. The van der Waals surface area contributed by atoms with Crippen LogP contribution in [0.4, 0.5) is 13.2 Å². The molecular weight excluding hydrogens is 323 g/mol. The Labute approximate surface area is 136 Å². The Balaban J connectivity index is 1.94. The van der Waals surface area contributed by atoms with Crippen LogP contribution in [0, 0.1) is 5.92 Å². The first-order chi connectivity index (χ1) is 11.4. The fourth-order valence-corrected chi connectivity index (χ4v) is 2.87. The molecule has 7 heteroatoms. The second kappa shape index (κ2) is 6.22. The summed E-state index contributed by atoms with van der Waals surface area (Å²) in [4.78, 5) is 12.8. The van der Waals surface area contributed by atoms with Gasteiger partial charge in [0.25, 0.3) is 0 Å². The highest BCUT2D eigenvalue weighted by Crippen LogP contribution is 2.36. The minimum absolute atomic E-state index is 0.142. The van der Waals surface area contributed by atoms with Gasteiger partial charge >= 0.3 is 6.18 Å². The molecule has 0 spiro atoms. The number of ketones is 1. The molecule has 128 valence electrons. The molecule has 1 aromatic rings. The van der Waals surface area contributed by atoms with Crippen LogP contribution in [-0.4, -0.2) is 25.5 Å². The molecule has 3 rings (SSSR count). The summed E-state index contributed by atoms with van der Waals surface area (Å²) < 4.78 is 49.7. The summed E-state index contributed by atoms with van der Waals surface area (Å²) in [6, 6.07) is 4.70. The lowest BCUT2D eigenvalue weighted by Gasteiger charge is -2.23. The number of benzene rings is 1. The standard InChI is InChI=1S/C17H16F3NO3/c1-21-16-13(10-4-2-6-12(8-10)17(18,19)20)14(22)15(24-16)11-5-3-7-23-9-11/h2-4,6-8,11,15,21H,5,9H2,1H3. The third-order valence-corrected chi connectivity index (χ3v) is 4.05. The second-order valence-electron chi connectivity index (χ2n) is 5.64. The number of hydrogen-bond donors (Lipinski definition) is 1. The van der Waals surface area contributed by atoms with Gasteiger partial charge in [-0.15, -0.1) is 0 Å². The fraction of sp³-hybridized carbons (Fsp3) is 0.353. The number of carbonyl (C=O) groups is 1. The van der Waals surface area contributed by atoms with Crippen molar-refractivity contribution in [1.29, 1.82) is 0 Å². The summed E-state index contributed by atoms with van der Waals surface area (Å²) in [6.45, 7) is 0.333. The molecule has 24 heavy (non-hydrogen) atoms. The molecule has 0 saturated carbocycles. The molecule has 0 aliphatic carbocycles. The smallest absolute Gasteiger partial charge is 0.416 e. The first-order valence-electron chi connectivity index (χ1n) is 7.49. The molecule has 0 fully saturated rings. The van der Waals surface area contributed by atoms with E-state index in [0.717, 1.165) is 12.1 Å². The van der Waals surface area contributed by atoms with Crippen molar-refractivity contribution < 1.29 is 27.4 Å². The number of Topliss-reactive ketones (excluding diaryl/α,β-unsaturated/α-hetero) is 1. The number of nitrogens with one attached hydrogen (secondary N) is 1. The Kier molecular flexibility index (Phi) is 4.26. The van der Waals surface area contributed by atoms with Gasteiger partial charge in [-0.1, -0.05) is 12.1 Å². The van der Waals surface area contributed by atoms with Gasteiger partial charge in [-0.2, -0.15) is 13.2 Å². The van der Waals surface area contributed by atoms with Gasteiger partial charge < -0.3 is 14.8 Å². The Hall–Kier alpha value is -2.44. The van der Waals surface area contributed by atoms with E-state index in [0.29, 0.717) is 13.0 Å². The summed E-state index contributed by atoms with van der Waals surface area (Å²) >= 11 is 0. The van der Waals surface area contributed by atoms with Gasteiger partial charge in [-0.3, -0.25) is 4.79 Å². The van der Waals surface area contributed by atoms with Crippen molar-refractivity contribution in [3.63, 3.8) is 0 Å². The van der Waals surface area contributed by atoms with Crippen LogP contribution in [0.1, 0.15) is 17.5 Å². The Bertz CT molecular complexity index is 709. The minimum atomic E-state index is -4.47. The van der Waals surface area contributed by atoms with Crippen LogP contribution in [0.15, 0.2) is 42.5 Å². The Morgan fingerprint density at radius 2 is 2.08 bits per heavy atom. The minimum Gasteiger partial charge on any atom is -0.501 e. The first-order valence-corrected chi connectivity index (χ1v) is 7.49. The van der Waals surface area contributed by atoms with Gasteiger partial charge in [0.15, 0.2) is 12.0 Å². The molecule has 0 radical (unpaired) electrons. The molecule has 0 aromatic heterocycles. The molecule has 2 aliphatic rings. The lowest BCUT2D eigenvalue weighted by atomic mass is 9.90. The zero-order valence-electron chi connectivity index (χ0n) is 12.9. The molecule has 0 bridgehead atoms. The molecule has 0 saturated heterocycles. The number of ether oxygens (including phenoxy) is 2. The van der Waals surface area contributed by atoms with Crippen LogP contribution < -0.4 is 5.32 Å². The largest absolute Gasteiger partial charge is 0.501 e. The van der Waals surface area contributed by atoms with Gasteiger partial charge in [-0.05, 0) is 30.2 Å². The molecule has 2 atom stereocenters. The molecule has 2 heterocycles. The van der Waals surface area contributed by atoms with Crippen molar-refractivity contribution >= 4 is 11.4 Å². The van der Waals surface area contributed by atoms with E-state index in [9.17, 15) is 18.0 Å². The topological polar surface area (TPSA) is 47.6 Å². The molecule has 2 aliphatic heterocycles. The molecule has 1 N–H and O–H groups in total. The molecule has 1 aromatic carbocycles. The summed E-state index contributed by atoms with van der Waals surface area (Å²) in [7, 11) is 1.57. The third kappa shape index (κ3) is 2.98. The van der Waals surface area contributed by atoms with Crippen molar-refractivity contribution in [2.75, 3.05) is 13.7 Å². The number of rotatable bonds is 3. The Morgan fingerprint density at radius 3 is 2.71 bits per heavy atom. The second-order valence-corrected chi connectivity index (χ2v) is 5.64. The van der Waals surface area contributed by atoms with Crippen LogP contribution in [0.3, 0.4) is 0 Å². The average molecular weight is 339 g/mol. The highest BCUT2D eigenvalue weighted by Gasteiger charge is 2.41. The molecule has 2 unspecified atom stereocenters. The summed E-state index contributed by atoms with van der Waals surface area (Å²) in [6.07, 6.45) is -1.26. The quantitative estimate of drug-likeness (QED) is 0.919. The maximum absolute atomic E-state index is 12.9. The highest BCUT2D eigenvalue weighted by atomic mass is 19.4. The van der Waals surface area contributed by atoms with Crippen molar-refractivity contribution in [2.45, 2.75) is 18.7 Å². The number of halogens is 3. The van der Waals surface area contributed by atoms with E-state index < -0.39 is 17.8 Å². The lowest BCUT2D eigenvalue weighted by molar-refractivity contribution is -0.137. The van der Waals surface area contributed by atoms with Crippen LogP contribution in [0.5, 0.6) is 0 Å². The third-order valence-electron chi connectivity index (χ3n) is 4.05. The molecule has 0 amide bonds. The van der Waals surface area contributed by atoms with Gasteiger partial charge in [-0.25, -0.2) is 0 Å². The lowest BCUT2D eigenvalue weighted by Crippen LogP contribution is -2.32. The normalized spacial score (nSPS) is 23.9. The van der Waals surface area contributed by atoms with Crippen LogP contribution in [-0.2, 0) is 20.4 Å². The predicted octanol–water partition coefficient (Wildman–Crippen LogP) is 3.11. The van der Waals surface area contributed by atoms with E-state index in [4.69, 9.17) is 9.47 Å². The maximum Gasteiger partial charge on any atom is 0.416 e. The predicted molar refractivity (Wildman–Crippen MR) is 80.5 cm³/mol. The summed E-state index contributed by atoms with van der Waals surface area (Å²) in [5.41, 5.74) is -0.472. The monoisotopic (exact) mass is 339 g/mol. The van der Waals surface area contributed by atoms with Gasteiger partial charge in [0.2, 0.25) is 5.78 Å². The summed E-state index contributed by atoms with van der Waals surface area (Å²) in [5.74, 6) is -0.310. The number of carbonyl (C=O) groups excluding carboxylic acids is 1. The Morgan fingerprint density at radius 1 is 1.29 bits per heavy atom. The highest BCUT2D eigenvalue weighted by molar-refractivity contribution is 6.25. The van der Waals surface area contributed by atoms with E-state index in [-0.39, 0.29) is 28.7 Å². The van der Waals surface area contributed by atoms with Crippen LogP contribution in [0.2, 0.25) is 0 Å². The maximum atomic E-state index is 12.9. The van der Waals surface area contributed by atoms with E-state index in [1.54, 1.807) is 19.4 Å². The van der Waals surface area contributed by atoms with E-state index in [2.05, 4.69) is 5.32 Å². The number of allylic oxidation sites excluding steroid dienone is 1. The van der Waals surface area contributed by atoms with Crippen molar-refractivity contribution in [2.24, 2.45) is 5.92 Å². The fourth-order valence-electron chi connectivity index (χ4n) is 2.87. The van der Waals surface area contributed by atoms with Crippen LogP contribution >= 0.6 is 0 Å². The first kappa shape index (κ1) is 16.4. The zero-order valence-corrected chi connectivity index (χ0v) is 12.9. The number of alkyl halides is 3. The van der Waals surface area contributed by atoms with Crippen molar-refractivity contribution in [3.8, 4) is 0 Å². The van der Waals surface area contributed by atoms with Gasteiger partial charge in [0.05, 0.1) is 24.0 Å². The van der Waals surface area contributed by atoms with Crippen LogP contribution in [0.25, 0.3) is 5.57 Å². The van der Waals surface area contributed by atoms with Crippen molar-refractivity contribution in [3.05, 3.63) is 53.6 Å². The van der Waals surface area contributed by atoms with Gasteiger partial charge in [0, 0.05) is 13.0 Å². The number of hydrogen-bond acceptors (Lipinski definition) is 4. The summed E-state index contributed by atoms with van der Waals surface area (Å²) in [5, 5.41) is 2.77.